The number of hydrogen-bond acceptors (Lipinski definition) is 5. The number of benzene rings is 4. The summed E-state index contributed by atoms with van der Waals surface area (Å²) in [5.74, 6) is -1.31. The predicted octanol–water partition coefficient (Wildman–Crippen LogP) is 6.77. The molecule has 4 atom stereocenters. The van der Waals surface area contributed by atoms with E-state index in [0.29, 0.717) is 29.2 Å². The van der Waals surface area contributed by atoms with Crippen LogP contribution in [0.25, 0.3) is 6.08 Å². The van der Waals surface area contributed by atoms with E-state index in [4.69, 9.17) is 4.74 Å². The summed E-state index contributed by atoms with van der Waals surface area (Å²) in [6, 6.07) is 28.5. The number of Topliss-reactive ketones (excluding diaryl/α,β-unsaturated/α-hetero) is 2. The molecule has 1 N–H and O–H groups in total. The molecule has 0 aromatic heterocycles. The van der Waals surface area contributed by atoms with Crippen LogP contribution in [0, 0.1) is 12.8 Å². The van der Waals surface area contributed by atoms with Gasteiger partial charge in [-0.3, -0.25) is 14.4 Å². The third-order valence-electron chi connectivity index (χ3n) is 9.07. The monoisotopic (exact) mass is 568 g/mol. The first kappa shape index (κ1) is 26.9. The Kier molecular flexibility index (Phi) is 6.50. The Hall–Kier alpha value is -4.97. The van der Waals surface area contributed by atoms with E-state index in [1.807, 2.05) is 104 Å². The molecule has 3 heterocycles. The van der Waals surface area contributed by atoms with Crippen molar-refractivity contribution in [1.29, 1.82) is 0 Å². The van der Waals surface area contributed by atoms with Gasteiger partial charge in [-0.2, -0.15) is 0 Å². The van der Waals surface area contributed by atoms with Crippen LogP contribution in [-0.2, 0) is 10.2 Å². The standard InChI is InChI=1S/C37H32N2O4/c1-3-22-43-30-15-9-6-12-27(30)34(41)32-31(33(40)25-18-16-23(2)17-19-25)37(28-13-7-8-14-29(28)38-36(37)42)35-26-11-5-4-10-24(26)20-21-39(32)35/h4-21,31-32,35H,3,22H2,1-2H3,(H,38,42)/t31-,32-,35+,37+/m0/s1. The maximum absolute atomic E-state index is 14.9. The Bertz CT molecular complexity index is 1790. The molecule has 0 radical (unpaired) electrons. The normalized spacial score (nSPS) is 23.0. The van der Waals surface area contributed by atoms with Gasteiger partial charge in [0, 0.05) is 17.5 Å². The Morgan fingerprint density at radius 2 is 1.60 bits per heavy atom. The van der Waals surface area contributed by atoms with Crippen LogP contribution < -0.4 is 10.1 Å². The molecule has 0 bridgehead atoms. The van der Waals surface area contributed by atoms with E-state index in [-0.39, 0.29) is 17.5 Å². The van der Waals surface area contributed by atoms with Crippen LogP contribution >= 0.6 is 0 Å². The van der Waals surface area contributed by atoms with E-state index in [2.05, 4.69) is 5.32 Å². The van der Waals surface area contributed by atoms with E-state index in [1.165, 1.54) is 0 Å². The number of aryl methyl sites for hydroxylation is 1. The second-order valence-electron chi connectivity index (χ2n) is 11.5. The Labute approximate surface area is 251 Å². The van der Waals surface area contributed by atoms with Crippen molar-refractivity contribution in [2.45, 2.75) is 37.8 Å². The fraction of sp³-hybridized carbons (Fsp3) is 0.216. The number of nitrogens with zero attached hydrogens (tertiary/aromatic N) is 1. The molecule has 6 heteroatoms. The third kappa shape index (κ3) is 3.97. The van der Waals surface area contributed by atoms with Crippen LogP contribution in [0.15, 0.2) is 103 Å². The lowest BCUT2D eigenvalue weighted by atomic mass is 9.62. The molecule has 1 amide bonds. The maximum atomic E-state index is 14.9. The number of ketones is 2. The van der Waals surface area contributed by atoms with Gasteiger partial charge in [-0.05, 0) is 54.3 Å². The minimum Gasteiger partial charge on any atom is -0.493 e. The summed E-state index contributed by atoms with van der Waals surface area (Å²) in [7, 11) is 0. The molecule has 3 aliphatic heterocycles. The third-order valence-corrected chi connectivity index (χ3v) is 9.07. The summed E-state index contributed by atoms with van der Waals surface area (Å²) >= 11 is 0. The second-order valence-corrected chi connectivity index (χ2v) is 11.5. The number of carbonyl (C=O) groups excluding carboxylic acids is 3. The zero-order valence-corrected chi connectivity index (χ0v) is 24.1. The molecular formula is C37H32N2O4. The van der Waals surface area contributed by atoms with Crippen LogP contribution in [0.5, 0.6) is 5.75 Å². The first-order valence-electron chi connectivity index (χ1n) is 14.8. The van der Waals surface area contributed by atoms with Gasteiger partial charge in [-0.1, -0.05) is 91.3 Å². The van der Waals surface area contributed by atoms with E-state index >= 15 is 0 Å². The zero-order chi connectivity index (χ0) is 29.7. The molecule has 4 aromatic carbocycles. The summed E-state index contributed by atoms with van der Waals surface area (Å²) in [5.41, 5.74) is 3.79. The van der Waals surface area contributed by atoms with Gasteiger partial charge in [-0.15, -0.1) is 0 Å². The van der Waals surface area contributed by atoms with Crippen LogP contribution in [0.4, 0.5) is 5.69 Å². The summed E-state index contributed by atoms with van der Waals surface area (Å²) in [6.45, 7) is 4.44. The topological polar surface area (TPSA) is 75.7 Å². The largest absolute Gasteiger partial charge is 0.493 e. The average molecular weight is 569 g/mol. The Morgan fingerprint density at radius 1 is 0.884 bits per heavy atom. The molecule has 4 aromatic rings. The number of fused-ring (bicyclic) bond motifs is 6. The highest BCUT2D eigenvalue weighted by Gasteiger charge is 2.70. The number of carbonyl (C=O) groups is 3. The fourth-order valence-electron chi connectivity index (χ4n) is 7.23. The number of ether oxygens (including phenoxy) is 1. The van der Waals surface area contributed by atoms with E-state index in [9.17, 15) is 14.4 Å². The van der Waals surface area contributed by atoms with Crippen molar-refractivity contribution in [3.05, 3.63) is 137 Å². The fourth-order valence-corrected chi connectivity index (χ4v) is 7.23. The lowest BCUT2D eigenvalue weighted by Gasteiger charge is -2.38. The molecule has 1 fully saturated rings. The molecule has 7 rings (SSSR count). The van der Waals surface area contributed by atoms with Crippen molar-refractivity contribution in [1.82, 2.24) is 4.90 Å². The van der Waals surface area contributed by atoms with E-state index in [0.717, 1.165) is 28.7 Å². The van der Waals surface area contributed by atoms with Crippen LogP contribution in [0.2, 0.25) is 0 Å². The maximum Gasteiger partial charge on any atom is 0.238 e. The minimum absolute atomic E-state index is 0.238. The summed E-state index contributed by atoms with van der Waals surface area (Å²) < 4.78 is 6.03. The number of amides is 1. The minimum atomic E-state index is -1.36. The highest BCUT2D eigenvalue weighted by Crippen LogP contribution is 2.62. The lowest BCUT2D eigenvalue weighted by Crippen LogP contribution is -2.49. The molecule has 214 valence electrons. The summed E-state index contributed by atoms with van der Waals surface area (Å²) in [5, 5.41) is 3.10. The highest BCUT2D eigenvalue weighted by atomic mass is 16.5. The molecule has 0 unspecified atom stereocenters. The molecule has 3 aliphatic rings. The first-order valence-corrected chi connectivity index (χ1v) is 14.8. The van der Waals surface area contributed by atoms with Gasteiger partial charge in [0.25, 0.3) is 0 Å². The quantitative estimate of drug-likeness (QED) is 0.249. The molecule has 1 saturated heterocycles. The van der Waals surface area contributed by atoms with Crippen LogP contribution in [0.1, 0.15) is 62.4 Å². The average Bonchev–Trinajstić information content (AvgIpc) is 3.52. The summed E-state index contributed by atoms with van der Waals surface area (Å²) in [6.07, 6.45) is 4.65. The molecule has 0 aliphatic carbocycles. The van der Waals surface area contributed by atoms with Gasteiger partial charge in [0.05, 0.1) is 24.1 Å². The van der Waals surface area contributed by atoms with Gasteiger partial charge in [0.15, 0.2) is 11.6 Å². The van der Waals surface area contributed by atoms with Gasteiger partial charge in [0.2, 0.25) is 5.91 Å². The number of anilines is 1. The van der Waals surface area contributed by atoms with Gasteiger partial charge >= 0.3 is 0 Å². The SMILES string of the molecule is CCCOc1ccccc1C(=O)[C@@H]1[C@@H](C(=O)c2ccc(C)cc2)[C@@]2(C(=O)Nc3ccccc32)[C@H]2c3ccccc3C=CN12. The number of nitrogens with one attached hydrogen (secondary N) is 1. The summed E-state index contributed by atoms with van der Waals surface area (Å²) in [4.78, 5) is 46.4. The Balaban J connectivity index is 1.51. The highest BCUT2D eigenvalue weighted by molar-refractivity contribution is 6.17. The first-order chi connectivity index (χ1) is 21.0. The van der Waals surface area contributed by atoms with Crippen LogP contribution in [0.3, 0.4) is 0 Å². The zero-order valence-electron chi connectivity index (χ0n) is 24.1. The van der Waals surface area contributed by atoms with E-state index < -0.39 is 23.4 Å². The van der Waals surface area contributed by atoms with Crippen molar-refractivity contribution in [2.24, 2.45) is 5.92 Å². The van der Waals surface area contributed by atoms with Gasteiger partial charge in [-0.25, -0.2) is 0 Å². The molecular weight excluding hydrogens is 536 g/mol. The molecule has 0 saturated carbocycles. The number of rotatable bonds is 7. The van der Waals surface area contributed by atoms with Crippen molar-refractivity contribution in [3.8, 4) is 5.75 Å². The number of hydrogen-bond donors (Lipinski definition) is 1. The smallest absolute Gasteiger partial charge is 0.238 e. The van der Waals surface area contributed by atoms with Gasteiger partial charge in [0.1, 0.15) is 17.2 Å². The van der Waals surface area contributed by atoms with Gasteiger partial charge < -0.3 is 15.0 Å². The molecule has 6 nitrogen and oxygen atoms in total. The van der Waals surface area contributed by atoms with Crippen molar-refractivity contribution in [3.63, 3.8) is 0 Å². The van der Waals surface area contributed by atoms with Crippen molar-refractivity contribution < 1.29 is 19.1 Å². The molecule has 43 heavy (non-hydrogen) atoms. The second kappa shape index (κ2) is 10.4. The van der Waals surface area contributed by atoms with Crippen LogP contribution in [-0.4, -0.2) is 35.0 Å². The lowest BCUT2D eigenvalue weighted by molar-refractivity contribution is -0.122. The molecule has 1 spiro atoms. The van der Waals surface area contributed by atoms with Crippen molar-refractivity contribution in [2.75, 3.05) is 11.9 Å². The van der Waals surface area contributed by atoms with Crippen molar-refractivity contribution >= 4 is 29.2 Å². The number of para-hydroxylation sites is 2. The predicted molar refractivity (Wildman–Crippen MR) is 166 cm³/mol. The van der Waals surface area contributed by atoms with E-state index in [1.54, 1.807) is 24.3 Å². The Morgan fingerprint density at radius 3 is 2.42 bits per heavy atom.